The van der Waals surface area contributed by atoms with Gasteiger partial charge in [0.15, 0.2) is 0 Å². The first kappa shape index (κ1) is 23.1. The molecule has 0 rings (SSSR count). The molecular formula is H4MnO8S2Zn. The predicted octanol–water partition coefficient (Wildman–Crippen LogP) is -1.31. The van der Waals surface area contributed by atoms with E-state index in [1.807, 2.05) is 0 Å². The molecule has 12 heteroatoms. The van der Waals surface area contributed by atoms with Gasteiger partial charge in [0.05, 0.1) is 0 Å². The summed E-state index contributed by atoms with van der Waals surface area (Å²) in [6, 6.07) is 0. The molecule has 4 N–H and O–H groups in total. The fourth-order valence-electron chi connectivity index (χ4n) is 0. The van der Waals surface area contributed by atoms with Gasteiger partial charge in [-0.15, -0.1) is 0 Å². The minimum Gasteiger partial charge on any atom is -0.264 e. The fourth-order valence-corrected chi connectivity index (χ4v) is 0. The van der Waals surface area contributed by atoms with Crippen LogP contribution in [0.25, 0.3) is 0 Å². The molecule has 0 aliphatic heterocycles. The second-order valence-electron chi connectivity index (χ2n) is 0.896. The van der Waals surface area contributed by atoms with Crippen molar-refractivity contribution >= 4 is 20.8 Å². The van der Waals surface area contributed by atoms with Crippen LogP contribution in [-0.2, 0) is 57.3 Å². The summed E-state index contributed by atoms with van der Waals surface area (Å²) in [7, 11) is -9.33. The molecule has 0 saturated heterocycles. The minimum absolute atomic E-state index is 0. The zero-order valence-corrected chi connectivity index (χ0v) is 11.1. The Hall–Kier alpha value is 0.883. The van der Waals surface area contributed by atoms with Gasteiger partial charge in [0, 0.05) is 36.5 Å². The summed E-state index contributed by atoms with van der Waals surface area (Å²) >= 11 is 0. The molecule has 0 aromatic carbocycles. The van der Waals surface area contributed by atoms with Crippen molar-refractivity contribution in [1.29, 1.82) is 0 Å². The average Bonchev–Trinajstić information content (AvgIpc) is 1.12. The molecule has 0 aromatic heterocycles. The Bertz CT molecular complexity index is 213. The average molecular weight is 316 g/mol. The third-order valence-electron chi connectivity index (χ3n) is 0. The molecule has 0 spiro atoms. The molecule has 12 heavy (non-hydrogen) atoms. The summed E-state index contributed by atoms with van der Waals surface area (Å²) in [4.78, 5) is 0. The summed E-state index contributed by atoms with van der Waals surface area (Å²) in [5.74, 6) is 0. The number of hydrogen-bond donors (Lipinski definition) is 4. The first-order chi connectivity index (χ1) is 4.00. The van der Waals surface area contributed by atoms with E-state index >= 15 is 0 Å². The Kier molecular flexibility index (Phi) is 16.3. The van der Waals surface area contributed by atoms with Gasteiger partial charge in [0.25, 0.3) is 0 Å². The third kappa shape index (κ3) is 1360. The molecule has 73 valence electrons. The van der Waals surface area contributed by atoms with Gasteiger partial charge in [0.1, 0.15) is 0 Å². The number of rotatable bonds is 0. The Balaban J connectivity index is -0.0000000457. The van der Waals surface area contributed by atoms with Crippen LogP contribution in [0.4, 0.5) is 0 Å². The van der Waals surface area contributed by atoms with Crippen LogP contribution in [0.3, 0.4) is 0 Å². The predicted molar refractivity (Wildman–Crippen MR) is 28.4 cm³/mol. The van der Waals surface area contributed by atoms with E-state index in [1.165, 1.54) is 0 Å². The maximum absolute atomic E-state index is 8.74. The van der Waals surface area contributed by atoms with E-state index < -0.39 is 20.8 Å². The van der Waals surface area contributed by atoms with Gasteiger partial charge in [-0.1, -0.05) is 0 Å². The van der Waals surface area contributed by atoms with E-state index in [0.29, 0.717) is 0 Å². The van der Waals surface area contributed by atoms with E-state index in [-0.39, 0.29) is 36.5 Å². The van der Waals surface area contributed by atoms with Crippen LogP contribution in [0, 0.1) is 0 Å². The van der Waals surface area contributed by atoms with Gasteiger partial charge >= 0.3 is 20.8 Å². The molecule has 0 bridgehead atoms. The summed E-state index contributed by atoms with van der Waals surface area (Å²) < 4.78 is 63.2. The van der Waals surface area contributed by atoms with Crippen LogP contribution >= 0.6 is 0 Å². The zero-order valence-electron chi connectivity index (χ0n) is 5.32. The first-order valence-corrected chi connectivity index (χ1v) is 4.19. The molecule has 8 nitrogen and oxygen atoms in total. The Morgan fingerprint density at radius 3 is 0.667 bits per heavy atom. The monoisotopic (exact) mass is 315 g/mol. The van der Waals surface area contributed by atoms with Gasteiger partial charge in [-0.2, -0.15) is 16.8 Å². The van der Waals surface area contributed by atoms with Gasteiger partial charge in [-0.05, 0) is 0 Å². The van der Waals surface area contributed by atoms with Gasteiger partial charge in [0.2, 0.25) is 0 Å². The molecule has 0 aliphatic carbocycles. The standard InChI is InChI=1S/Mn.2H2O4S.Zn/c;2*1-5(2,3)4;/h;2*(H2,1,2,3,4);. The van der Waals surface area contributed by atoms with Crippen molar-refractivity contribution in [2.75, 3.05) is 0 Å². The second kappa shape index (κ2) is 8.48. The van der Waals surface area contributed by atoms with Crippen molar-refractivity contribution in [3.8, 4) is 0 Å². The smallest absolute Gasteiger partial charge is 0.264 e. The van der Waals surface area contributed by atoms with Crippen molar-refractivity contribution < 1.29 is 71.6 Å². The van der Waals surface area contributed by atoms with Crippen LogP contribution < -0.4 is 0 Å². The molecule has 0 aromatic rings. The maximum atomic E-state index is 8.74. The van der Waals surface area contributed by atoms with Crippen molar-refractivity contribution in [2.45, 2.75) is 0 Å². The number of hydrogen-bond acceptors (Lipinski definition) is 4. The van der Waals surface area contributed by atoms with Crippen molar-refractivity contribution in [1.82, 2.24) is 0 Å². The Morgan fingerprint density at radius 2 is 0.667 bits per heavy atom. The zero-order chi connectivity index (χ0) is 9.00. The van der Waals surface area contributed by atoms with E-state index in [4.69, 9.17) is 35.0 Å². The van der Waals surface area contributed by atoms with Crippen LogP contribution in [0.5, 0.6) is 0 Å². The Morgan fingerprint density at radius 1 is 0.667 bits per heavy atom. The van der Waals surface area contributed by atoms with Crippen LogP contribution in [0.1, 0.15) is 0 Å². The summed E-state index contributed by atoms with van der Waals surface area (Å²) in [6.45, 7) is 0. The fraction of sp³-hybridized carbons (Fsp3) is 0. The maximum Gasteiger partial charge on any atom is 0.394 e. The molecule has 0 heterocycles. The summed E-state index contributed by atoms with van der Waals surface area (Å²) in [5, 5.41) is 0. The largest absolute Gasteiger partial charge is 0.394 e. The van der Waals surface area contributed by atoms with E-state index in [1.54, 1.807) is 0 Å². The third-order valence-corrected chi connectivity index (χ3v) is 0. The van der Waals surface area contributed by atoms with Crippen molar-refractivity contribution in [2.24, 2.45) is 0 Å². The van der Waals surface area contributed by atoms with Crippen molar-refractivity contribution in [3.05, 3.63) is 0 Å². The van der Waals surface area contributed by atoms with E-state index in [0.717, 1.165) is 0 Å². The summed E-state index contributed by atoms with van der Waals surface area (Å²) in [6.07, 6.45) is 0. The van der Waals surface area contributed by atoms with Crippen LogP contribution in [-0.4, -0.2) is 35.0 Å². The molecule has 0 saturated carbocycles. The first-order valence-electron chi connectivity index (χ1n) is 1.40. The topological polar surface area (TPSA) is 149 Å². The Labute approximate surface area is 92.1 Å². The van der Waals surface area contributed by atoms with Crippen molar-refractivity contribution in [3.63, 3.8) is 0 Å². The minimum atomic E-state index is -4.67. The second-order valence-corrected chi connectivity index (χ2v) is 2.69. The van der Waals surface area contributed by atoms with Crippen LogP contribution in [0.2, 0.25) is 0 Å². The quantitative estimate of drug-likeness (QED) is 0.318. The molecule has 0 aliphatic rings. The van der Waals surface area contributed by atoms with Gasteiger partial charge in [-0.25, -0.2) is 0 Å². The van der Waals surface area contributed by atoms with Gasteiger partial charge < -0.3 is 0 Å². The molecule has 0 atom stereocenters. The molecule has 0 unspecified atom stereocenters. The van der Waals surface area contributed by atoms with E-state index in [9.17, 15) is 0 Å². The molecule has 0 amide bonds. The van der Waals surface area contributed by atoms with Crippen LogP contribution in [0.15, 0.2) is 0 Å². The normalized spacial score (nSPS) is 9.67. The molecular weight excluding hydrogens is 312 g/mol. The molecule has 0 fully saturated rings. The van der Waals surface area contributed by atoms with E-state index in [2.05, 4.69) is 0 Å². The summed E-state index contributed by atoms with van der Waals surface area (Å²) in [5.41, 5.74) is 0. The SMILES string of the molecule is O=S(=O)(O)O.O=S(=O)(O)O.[Mn].[Zn]. The van der Waals surface area contributed by atoms with Gasteiger partial charge in [-0.3, -0.25) is 18.2 Å². The molecule has 1 radical (unpaired) electrons.